The van der Waals surface area contributed by atoms with Crippen LogP contribution in [-0.2, 0) is 20.1 Å². The molecule has 11 heteroatoms. The first-order valence-corrected chi connectivity index (χ1v) is 13.6. The van der Waals surface area contributed by atoms with E-state index in [-0.39, 0.29) is 60.1 Å². The largest absolute Gasteiger partial charge is 0.304 e. The minimum absolute atomic E-state index is 0. The van der Waals surface area contributed by atoms with Gasteiger partial charge in [-0.25, -0.2) is 9.80 Å². The van der Waals surface area contributed by atoms with Gasteiger partial charge < -0.3 is 4.98 Å². The molecule has 45 heavy (non-hydrogen) atoms. The number of benzene rings is 4. The Hall–Kier alpha value is -5.77. The van der Waals surface area contributed by atoms with Crippen LogP contribution in [0.25, 0.3) is 33.4 Å². The molecule has 0 atom stereocenters. The van der Waals surface area contributed by atoms with Crippen molar-refractivity contribution in [3.8, 4) is 22.6 Å². The summed E-state index contributed by atoms with van der Waals surface area (Å²) in [5.74, 6) is -3.10. The number of nitrogens with zero attached hydrogens (tertiary/aromatic N) is 6. The second-order valence-corrected chi connectivity index (χ2v) is 10.1. The van der Waals surface area contributed by atoms with Crippen molar-refractivity contribution in [2.45, 2.75) is 0 Å². The van der Waals surface area contributed by atoms with E-state index in [0.29, 0.717) is 16.8 Å². The molecule has 6 aromatic rings. The number of pyridine rings is 1. The molecule has 0 saturated heterocycles. The van der Waals surface area contributed by atoms with Crippen molar-refractivity contribution in [1.29, 1.82) is 0 Å². The number of carbonyl (C=O) groups is 4. The monoisotopic (exact) mass is 766 g/mol. The van der Waals surface area contributed by atoms with Crippen LogP contribution in [0.5, 0.6) is 0 Å². The molecule has 0 bridgehead atoms. The zero-order chi connectivity index (χ0) is 29.9. The second kappa shape index (κ2) is 10.7. The molecule has 0 unspecified atom stereocenters. The van der Waals surface area contributed by atoms with E-state index in [2.05, 4.69) is 26.0 Å². The van der Waals surface area contributed by atoms with Crippen LogP contribution in [0.2, 0.25) is 0 Å². The maximum absolute atomic E-state index is 13.4. The zero-order valence-corrected chi connectivity index (χ0v) is 25.4. The maximum Gasteiger partial charge on any atom is 0.268 e. The first-order valence-electron chi connectivity index (χ1n) is 13.6. The van der Waals surface area contributed by atoms with Crippen LogP contribution in [0.1, 0.15) is 41.4 Å². The third-order valence-corrected chi connectivity index (χ3v) is 7.57. The molecule has 1 radical (unpaired) electrons. The second-order valence-electron chi connectivity index (χ2n) is 10.1. The number of imide groups is 2. The van der Waals surface area contributed by atoms with Crippen LogP contribution < -0.4 is 9.80 Å². The van der Waals surface area contributed by atoms with E-state index >= 15 is 0 Å². The molecule has 0 aliphatic carbocycles. The van der Waals surface area contributed by atoms with Gasteiger partial charge in [-0.15, -0.1) is 29.8 Å². The van der Waals surface area contributed by atoms with Crippen LogP contribution in [-0.4, -0.2) is 43.6 Å². The van der Waals surface area contributed by atoms with Gasteiger partial charge in [0.25, 0.3) is 23.6 Å². The summed E-state index contributed by atoms with van der Waals surface area (Å²) in [5, 5.41) is 1.98. The van der Waals surface area contributed by atoms with E-state index in [1.54, 1.807) is 72.9 Å². The van der Waals surface area contributed by atoms with Crippen molar-refractivity contribution in [1.82, 2.24) is 19.9 Å². The quantitative estimate of drug-likeness (QED) is 0.178. The van der Waals surface area contributed by atoms with Crippen LogP contribution in [0.4, 0.5) is 11.9 Å². The molecule has 2 aliphatic rings. The summed E-state index contributed by atoms with van der Waals surface area (Å²) in [5.41, 5.74) is 2.54. The van der Waals surface area contributed by atoms with Crippen LogP contribution in [0.3, 0.4) is 0 Å². The molecule has 0 fully saturated rings. The summed E-state index contributed by atoms with van der Waals surface area (Å²) >= 11 is 0. The maximum atomic E-state index is 13.4. The van der Waals surface area contributed by atoms with Crippen LogP contribution >= 0.6 is 0 Å². The molecule has 0 N–H and O–H groups in total. The SMILES string of the molecule is O=C1c2ccccc2C(=O)N1c1nc(-c2cc[c-]c(-c3cc4ccccc4cn3)c2)nc(N2C(=O)c3ccccc3C2=O)n1.[Ir]. The third-order valence-electron chi connectivity index (χ3n) is 7.57. The standard InChI is InChI=1S/C34H17N6O4.Ir/c41-29-23-12-3-4-13-24(23)30(42)39(29)33-36-28(37-34(38-33)40-31(43)25-14-5-6-15-26(25)32(40)44)21-11-7-10-20(16-21)27-17-19-8-1-2-9-22(19)18-35-27;/h1-9,11-18H;/q-1;. The molecular formula is C34H17IrN6O4-. The number of aromatic nitrogens is 4. The summed E-state index contributed by atoms with van der Waals surface area (Å²) in [4.78, 5) is 73.1. The normalized spacial score (nSPS) is 13.7. The predicted molar refractivity (Wildman–Crippen MR) is 160 cm³/mol. The summed E-state index contributed by atoms with van der Waals surface area (Å²) in [6.45, 7) is 0. The smallest absolute Gasteiger partial charge is 0.268 e. The van der Waals surface area contributed by atoms with Gasteiger partial charge in [0.1, 0.15) is 5.82 Å². The summed E-state index contributed by atoms with van der Waals surface area (Å²) in [6.07, 6.45) is 1.77. The number of hydrogen-bond donors (Lipinski definition) is 0. The van der Waals surface area contributed by atoms with Gasteiger partial charge in [0.05, 0.1) is 22.3 Å². The van der Waals surface area contributed by atoms with E-state index in [1.807, 2.05) is 30.3 Å². The van der Waals surface area contributed by atoms with Gasteiger partial charge in [0, 0.05) is 26.3 Å². The number of hydrogen-bond acceptors (Lipinski definition) is 8. The summed E-state index contributed by atoms with van der Waals surface area (Å²) in [7, 11) is 0. The number of anilines is 2. The van der Waals surface area contributed by atoms with Gasteiger partial charge >= 0.3 is 0 Å². The van der Waals surface area contributed by atoms with Gasteiger partial charge in [-0.05, 0) is 40.7 Å². The van der Waals surface area contributed by atoms with Crippen molar-refractivity contribution in [3.05, 3.63) is 132 Å². The Morgan fingerprint density at radius 2 is 1.04 bits per heavy atom. The molecule has 4 heterocycles. The number of rotatable bonds is 4. The van der Waals surface area contributed by atoms with Crippen molar-refractivity contribution in [2.75, 3.05) is 9.80 Å². The van der Waals surface area contributed by atoms with Gasteiger partial charge in [0.2, 0.25) is 11.9 Å². The molecule has 10 nitrogen and oxygen atoms in total. The minimum atomic E-state index is -0.626. The molecular weight excluding hydrogens is 749 g/mol. The molecule has 0 spiro atoms. The molecule has 0 saturated carbocycles. The van der Waals surface area contributed by atoms with E-state index in [4.69, 9.17) is 0 Å². The fourth-order valence-electron chi connectivity index (χ4n) is 5.41. The predicted octanol–water partition coefficient (Wildman–Crippen LogP) is 5.15. The van der Waals surface area contributed by atoms with Gasteiger partial charge in [-0.2, -0.15) is 15.0 Å². The first kappa shape index (κ1) is 28.0. The van der Waals surface area contributed by atoms with Crippen molar-refractivity contribution < 1.29 is 39.3 Å². The molecule has 4 aromatic carbocycles. The summed E-state index contributed by atoms with van der Waals surface area (Å²) in [6, 6.07) is 30.8. The topological polar surface area (TPSA) is 126 Å². The van der Waals surface area contributed by atoms with Crippen molar-refractivity contribution in [3.63, 3.8) is 0 Å². The molecule has 8 rings (SSSR count). The molecule has 4 amide bonds. The average Bonchev–Trinajstić information content (AvgIpc) is 3.48. The Morgan fingerprint density at radius 1 is 0.556 bits per heavy atom. The fourth-order valence-corrected chi connectivity index (χ4v) is 5.41. The van der Waals surface area contributed by atoms with Gasteiger partial charge in [0.15, 0.2) is 0 Å². The molecule has 2 aromatic heterocycles. The Morgan fingerprint density at radius 3 is 1.58 bits per heavy atom. The third kappa shape index (κ3) is 4.45. The van der Waals surface area contributed by atoms with E-state index in [0.717, 1.165) is 20.6 Å². The zero-order valence-electron chi connectivity index (χ0n) is 23.0. The fraction of sp³-hybridized carbons (Fsp3) is 0. The molecule has 217 valence electrons. The number of fused-ring (bicyclic) bond motifs is 3. The Bertz CT molecular complexity index is 2090. The van der Waals surface area contributed by atoms with Crippen molar-refractivity contribution >= 4 is 46.3 Å². The molecule has 2 aliphatic heterocycles. The van der Waals surface area contributed by atoms with Crippen molar-refractivity contribution in [2.24, 2.45) is 0 Å². The van der Waals surface area contributed by atoms with Crippen LogP contribution in [0.15, 0.2) is 103 Å². The Kier molecular flexibility index (Phi) is 6.69. The summed E-state index contributed by atoms with van der Waals surface area (Å²) < 4.78 is 0. The van der Waals surface area contributed by atoms with E-state index in [1.165, 1.54) is 0 Å². The number of carbonyl (C=O) groups excluding carboxylic acids is 4. The minimum Gasteiger partial charge on any atom is -0.304 e. The first-order chi connectivity index (χ1) is 21.5. The van der Waals surface area contributed by atoms with E-state index < -0.39 is 23.6 Å². The average molecular weight is 766 g/mol. The number of amides is 4. The van der Waals surface area contributed by atoms with Gasteiger partial charge in [-0.3, -0.25) is 19.2 Å². The Labute approximate surface area is 268 Å². The van der Waals surface area contributed by atoms with E-state index in [9.17, 15) is 19.2 Å². The van der Waals surface area contributed by atoms with Gasteiger partial charge in [-0.1, -0.05) is 60.2 Å². The Balaban J connectivity index is 0.00000325. The van der Waals surface area contributed by atoms with Crippen LogP contribution in [0, 0.1) is 6.07 Å².